The number of carboxylic acids is 1. The van der Waals surface area contributed by atoms with Crippen molar-refractivity contribution < 1.29 is 62.1 Å². The summed E-state index contributed by atoms with van der Waals surface area (Å²) in [6, 6.07) is 0. The molecular formula is C6H9F4NaO3. The molecule has 3 nitrogen and oxygen atoms in total. The first-order valence-electron chi connectivity index (χ1n) is 3.28. The minimum Gasteiger partial charge on any atom is -0.544 e. The maximum Gasteiger partial charge on any atom is 1.00 e. The zero-order valence-corrected chi connectivity index (χ0v) is 9.77. The van der Waals surface area contributed by atoms with Crippen LogP contribution in [0.15, 0.2) is 0 Å². The average molecular weight is 228 g/mol. The molecule has 80 valence electrons. The van der Waals surface area contributed by atoms with Crippen LogP contribution in [0.3, 0.4) is 0 Å². The van der Waals surface area contributed by atoms with Gasteiger partial charge in [0.1, 0.15) is 5.97 Å². The van der Waals surface area contributed by atoms with E-state index in [9.17, 15) is 17.6 Å². The van der Waals surface area contributed by atoms with Crippen molar-refractivity contribution in [1.82, 2.24) is 0 Å². The Balaban J connectivity index is -0.000000209. The first-order chi connectivity index (χ1) is 5.80. The first-order valence-corrected chi connectivity index (χ1v) is 3.28. The number of aliphatic hydroxyl groups is 1. The Morgan fingerprint density at radius 1 is 1.50 bits per heavy atom. The van der Waals surface area contributed by atoms with Gasteiger partial charge in [0.2, 0.25) is 0 Å². The molecule has 0 aliphatic rings. The predicted octanol–water partition coefficient (Wildman–Crippen LogP) is -2.97. The van der Waals surface area contributed by atoms with Gasteiger partial charge in [-0.05, 0) is 6.42 Å². The second-order valence-corrected chi connectivity index (χ2v) is 1.93. The third-order valence-corrected chi connectivity index (χ3v) is 0.770. The van der Waals surface area contributed by atoms with Crippen molar-refractivity contribution in [2.75, 3.05) is 6.61 Å². The molecule has 0 aromatic carbocycles. The Labute approximate surface area is 100 Å². The van der Waals surface area contributed by atoms with E-state index in [2.05, 4.69) is 0 Å². The smallest absolute Gasteiger partial charge is 0.544 e. The minimum atomic E-state index is -5.03. The van der Waals surface area contributed by atoms with E-state index < -0.39 is 18.3 Å². The number of halogens is 4. The van der Waals surface area contributed by atoms with Crippen molar-refractivity contribution >= 4 is 5.97 Å². The third kappa shape index (κ3) is 8.74. The summed E-state index contributed by atoms with van der Waals surface area (Å²) < 4.78 is 44.3. The number of aliphatic carboxylic acids is 1. The fourth-order valence-corrected chi connectivity index (χ4v) is 0.0891. The molecule has 0 bridgehead atoms. The molecule has 0 aromatic heterocycles. The molecule has 0 rings (SSSR count). The third-order valence-electron chi connectivity index (χ3n) is 0.770. The van der Waals surface area contributed by atoms with Gasteiger partial charge in [-0.1, -0.05) is 6.92 Å². The zero-order chi connectivity index (χ0) is 11.1. The molecule has 0 fully saturated rings. The fourth-order valence-electron chi connectivity index (χ4n) is 0.0891. The van der Waals surface area contributed by atoms with Crippen LogP contribution in [0.2, 0.25) is 0 Å². The predicted molar refractivity (Wildman–Crippen MR) is 33.3 cm³/mol. The second kappa shape index (κ2) is 9.70. The number of carbonyl (C=O) groups is 1. The van der Waals surface area contributed by atoms with E-state index in [1.165, 1.54) is 0 Å². The van der Waals surface area contributed by atoms with Gasteiger partial charge in [-0.25, -0.2) is 8.78 Å². The average Bonchev–Trinajstić information content (AvgIpc) is 2.04. The van der Waals surface area contributed by atoms with Crippen LogP contribution in [0.25, 0.3) is 0 Å². The molecule has 0 saturated heterocycles. The number of alkyl halides is 4. The molecule has 0 saturated carbocycles. The van der Waals surface area contributed by atoms with Gasteiger partial charge in [0.25, 0.3) is 0 Å². The molecule has 8 heteroatoms. The Kier molecular flexibility index (Phi) is 13.6. The van der Waals surface area contributed by atoms with Crippen LogP contribution in [0.4, 0.5) is 17.6 Å². The van der Waals surface area contributed by atoms with Gasteiger partial charge >= 0.3 is 41.9 Å². The van der Waals surface area contributed by atoms with Crippen molar-refractivity contribution in [3.63, 3.8) is 0 Å². The van der Waals surface area contributed by atoms with E-state index in [0.29, 0.717) is 6.61 Å². The fraction of sp³-hybridized carbons (Fsp3) is 0.833. The molecule has 0 unspecified atom stereocenters. The number of hydrogen-bond acceptors (Lipinski definition) is 3. The SMILES string of the molecule is CCCO.O=C([O-])C(F)(F)C(F)F.[Na+]. The van der Waals surface area contributed by atoms with Crippen molar-refractivity contribution in [2.24, 2.45) is 0 Å². The van der Waals surface area contributed by atoms with Gasteiger partial charge in [0.05, 0.1) is 0 Å². The van der Waals surface area contributed by atoms with Gasteiger partial charge in [0.15, 0.2) is 0 Å². The van der Waals surface area contributed by atoms with Gasteiger partial charge in [-0.2, -0.15) is 8.78 Å². The van der Waals surface area contributed by atoms with Crippen LogP contribution in [0, 0.1) is 0 Å². The Morgan fingerprint density at radius 2 is 1.79 bits per heavy atom. The van der Waals surface area contributed by atoms with E-state index in [-0.39, 0.29) is 29.6 Å². The standard InChI is InChI=1S/C3H2F4O2.C3H8O.Na/c4-1(5)3(6,7)2(8)9;1-2-3-4;/h1H,(H,8,9);4H,2-3H2,1H3;/q;;+1/p-1. The summed E-state index contributed by atoms with van der Waals surface area (Å²) in [6.45, 7) is 2.25. The summed E-state index contributed by atoms with van der Waals surface area (Å²) in [5, 5.41) is 17.0. The molecule has 0 aromatic rings. The van der Waals surface area contributed by atoms with Gasteiger partial charge < -0.3 is 15.0 Å². The molecule has 0 radical (unpaired) electrons. The van der Waals surface area contributed by atoms with E-state index in [1.807, 2.05) is 6.92 Å². The quantitative estimate of drug-likeness (QED) is 0.414. The molecular weight excluding hydrogens is 219 g/mol. The van der Waals surface area contributed by atoms with Crippen LogP contribution in [-0.4, -0.2) is 30.0 Å². The molecule has 1 N–H and O–H groups in total. The van der Waals surface area contributed by atoms with Crippen LogP contribution in [0.5, 0.6) is 0 Å². The van der Waals surface area contributed by atoms with E-state index in [0.717, 1.165) is 6.42 Å². The van der Waals surface area contributed by atoms with E-state index in [4.69, 9.17) is 15.0 Å². The normalized spacial score (nSPS) is 9.93. The van der Waals surface area contributed by atoms with Gasteiger partial charge in [-0.15, -0.1) is 0 Å². The number of aliphatic hydroxyl groups excluding tert-OH is 1. The Bertz CT molecular complexity index is 152. The van der Waals surface area contributed by atoms with Gasteiger partial charge in [0, 0.05) is 6.61 Å². The monoisotopic (exact) mass is 228 g/mol. The van der Waals surface area contributed by atoms with Crippen LogP contribution >= 0.6 is 0 Å². The summed E-state index contributed by atoms with van der Waals surface area (Å²) in [5.74, 6) is -8.09. The van der Waals surface area contributed by atoms with Crippen LogP contribution < -0.4 is 34.7 Å². The van der Waals surface area contributed by atoms with E-state index in [1.54, 1.807) is 0 Å². The van der Waals surface area contributed by atoms with Crippen molar-refractivity contribution in [1.29, 1.82) is 0 Å². The summed E-state index contributed by atoms with van der Waals surface area (Å²) in [7, 11) is 0. The first kappa shape index (κ1) is 19.7. The summed E-state index contributed by atoms with van der Waals surface area (Å²) >= 11 is 0. The molecule has 14 heavy (non-hydrogen) atoms. The molecule has 0 amide bonds. The summed E-state index contributed by atoms with van der Waals surface area (Å²) in [6.07, 6.45) is -3.33. The number of rotatable bonds is 3. The number of carboxylic acid groups (broad SMARTS) is 1. The van der Waals surface area contributed by atoms with Crippen molar-refractivity contribution in [2.45, 2.75) is 25.7 Å². The number of carbonyl (C=O) groups excluding carboxylic acids is 1. The maximum atomic E-state index is 11.3. The minimum absolute atomic E-state index is 0. The van der Waals surface area contributed by atoms with Gasteiger partial charge in [-0.3, -0.25) is 0 Å². The topological polar surface area (TPSA) is 60.4 Å². The molecule has 0 heterocycles. The molecule has 0 spiro atoms. The van der Waals surface area contributed by atoms with Crippen molar-refractivity contribution in [3.05, 3.63) is 0 Å². The number of hydrogen-bond donors (Lipinski definition) is 1. The zero-order valence-electron chi connectivity index (χ0n) is 7.77. The maximum absolute atomic E-state index is 11.3. The summed E-state index contributed by atoms with van der Waals surface area (Å²) in [4.78, 5) is 9.12. The Morgan fingerprint density at radius 3 is 1.79 bits per heavy atom. The molecule has 0 atom stereocenters. The molecule has 0 aliphatic carbocycles. The molecule has 0 aliphatic heterocycles. The second-order valence-electron chi connectivity index (χ2n) is 1.93. The van der Waals surface area contributed by atoms with Crippen LogP contribution in [-0.2, 0) is 4.79 Å². The van der Waals surface area contributed by atoms with Crippen molar-refractivity contribution in [3.8, 4) is 0 Å². The largest absolute Gasteiger partial charge is 1.00 e. The van der Waals surface area contributed by atoms with E-state index >= 15 is 0 Å². The Hall–Kier alpha value is 0.150. The summed E-state index contributed by atoms with van der Waals surface area (Å²) in [5.41, 5.74) is 0. The van der Waals surface area contributed by atoms with Crippen LogP contribution in [0.1, 0.15) is 13.3 Å².